The van der Waals surface area contributed by atoms with Crippen molar-refractivity contribution in [1.82, 2.24) is 0 Å². The molecule has 27 heavy (non-hydrogen) atoms. The van der Waals surface area contributed by atoms with E-state index < -0.39 is 35.1 Å². The van der Waals surface area contributed by atoms with Crippen molar-refractivity contribution in [2.45, 2.75) is 6.42 Å². The molecule has 1 atom stereocenters. The molecular weight excluding hydrogens is 381 g/mol. The number of benzene rings is 2. The van der Waals surface area contributed by atoms with E-state index >= 15 is 0 Å². The van der Waals surface area contributed by atoms with Gasteiger partial charge < -0.3 is 19.4 Å². The molecule has 0 aliphatic heterocycles. The fraction of sp³-hybridized carbons (Fsp3) is 0.111. The zero-order valence-electron chi connectivity index (χ0n) is 14.2. The Hall–Kier alpha value is -2.04. The van der Waals surface area contributed by atoms with Gasteiger partial charge in [-0.05, 0) is 17.5 Å². The number of fused-ring (bicyclic) bond motifs is 1. The minimum Gasteiger partial charge on any atom is -0.549 e. The van der Waals surface area contributed by atoms with Crippen LogP contribution >= 0.6 is 0 Å². The molecule has 8 nitrogen and oxygen atoms in total. The van der Waals surface area contributed by atoms with Gasteiger partial charge in [0.05, 0.1) is 5.97 Å². The number of hydrogen-bond donors (Lipinski definition) is 1. The summed E-state index contributed by atoms with van der Waals surface area (Å²) in [5.41, 5.74) is 1.15. The Bertz CT molecular complexity index is 999. The Balaban J connectivity index is 0.00000261. The van der Waals surface area contributed by atoms with Crippen LogP contribution < -0.4 is 56.5 Å². The second-order valence-electron chi connectivity index (χ2n) is 5.61. The topological polar surface area (TPSA) is 134 Å². The molecule has 0 fully saturated rings. The molecule has 0 saturated heterocycles. The van der Waals surface area contributed by atoms with Crippen molar-refractivity contribution in [2.24, 2.45) is 5.92 Å². The maximum Gasteiger partial charge on any atom is 1.00 e. The monoisotopic (exact) mass is 393 g/mol. The van der Waals surface area contributed by atoms with Gasteiger partial charge in [0, 0.05) is 5.39 Å². The van der Waals surface area contributed by atoms with Crippen molar-refractivity contribution in [1.29, 1.82) is 0 Å². The van der Waals surface area contributed by atoms with E-state index in [1.807, 2.05) is 0 Å². The fourth-order valence-corrected chi connectivity index (χ4v) is 2.83. The van der Waals surface area contributed by atoms with Gasteiger partial charge in [-0.1, -0.05) is 48.5 Å². The molecule has 0 spiro atoms. The van der Waals surface area contributed by atoms with Crippen molar-refractivity contribution >= 4 is 28.8 Å². The van der Waals surface area contributed by atoms with E-state index in [1.54, 1.807) is 42.5 Å². The number of carboxylic acid groups (broad SMARTS) is 2. The van der Waals surface area contributed by atoms with Crippen LogP contribution in [0.3, 0.4) is 0 Å². The Labute approximate surface area is 195 Å². The third kappa shape index (κ3) is 4.28. The van der Waals surface area contributed by atoms with Crippen molar-refractivity contribution in [3.8, 4) is 11.1 Å². The van der Waals surface area contributed by atoms with E-state index in [0.717, 1.165) is 0 Å². The average molecular weight is 393 g/mol. The Morgan fingerprint density at radius 1 is 1.11 bits per heavy atom. The van der Waals surface area contributed by atoms with Crippen LogP contribution in [-0.2, 0) is 16.0 Å². The van der Waals surface area contributed by atoms with Gasteiger partial charge in [0.2, 0.25) is 0 Å². The van der Waals surface area contributed by atoms with Crippen LogP contribution in [0.5, 0.6) is 0 Å². The van der Waals surface area contributed by atoms with Crippen molar-refractivity contribution in [3.63, 3.8) is 0 Å². The molecule has 0 aliphatic carbocycles. The third-order valence-electron chi connectivity index (χ3n) is 4.01. The molecule has 0 saturated carbocycles. The van der Waals surface area contributed by atoms with Crippen LogP contribution in [0.2, 0.25) is 0 Å². The molecule has 2 aromatic carbocycles. The minimum atomic E-state index is -1.79. The molecule has 1 heterocycles. The molecule has 0 aliphatic rings. The summed E-state index contributed by atoms with van der Waals surface area (Å²) in [5.74, 6) is -5.56. The van der Waals surface area contributed by atoms with Gasteiger partial charge in [0.15, 0.2) is 0 Å². The van der Waals surface area contributed by atoms with E-state index in [-0.39, 0.29) is 68.1 Å². The van der Waals surface area contributed by atoms with Crippen LogP contribution in [0, 0.1) is 16.0 Å². The predicted octanol–water partition coefficient (Wildman–Crippen LogP) is -0.995. The number of para-hydroxylation sites is 1. The Kier molecular flexibility index (Phi) is 6.90. The Morgan fingerprint density at radius 2 is 1.78 bits per heavy atom. The van der Waals surface area contributed by atoms with Gasteiger partial charge in [-0.15, -0.1) is 0 Å². The summed E-state index contributed by atoms with van der Waals surface area (Å²) in [5, 5.41) is 31.9. The number of furan rings is 1. The van der Waals surface area contributed by atoms with E-state index in [1.165, 1.54) is 6.07 Å². The van der Waals surface area contributed by atoms with Gasteiger partial charge in [-0.3, -0.25) is 14.9 Å². The normalized spacial score (nSPS) is 11.6. The molecule has 1 unspecified atom stereocenters. The van der Waals surface area contributed by atoms with Crippen LogP contribution in [0.1, 0.15) is 5.56 Å². The SMILES string of the molecule is O=C([O-])C(Cc1cccc2c(-c3ccccc3)c([N+](=O)[O-])oc12)C(=O)O.[K+]. The number of carboxylic acids is 2. The first-order chi connectivity index (χ1) is 12.4. The molecule has 0 amide bonds. The number of nitrogens with zero attached hydrogens (tertiary/aromatic N) is 1. The van der Waals surface area contributed by atoms with Gasteiger partial charge in [0.1, 0.15) is 22.0 Å². The first-order valence-electron chi connectivity index (χ1n) is 7.58. The van der Waals surface area contributed by atoms with Gasteiger partial charge >= 0.3 is 63.2 Å². The summed E-state index contributed by atoms with van der Waals surface area (Å²) in [6.07, 6.45) is -0.409. The minimum absolute atomic E-state index is 0. The first kappa shape index (κ1) is 21.3. The number of nitro groups is 1. The van der Waals surface area contributed by atoms with E-state index in [9.17, 15) is 24.8 Å². The van der Waals surface area contributed by atoms with Crippen LogP contribution in [-0.4, -0.2) is 22.0 Å². The van der Waals surface area contributed by atoms with Crippen LogP contribution in [0.15, 0.2) is 52.9 Å². The standard InChI is InChI=1S/C18H13NO7.K/c20-17(21)13(18(22)23)9-11-7-4-8-12-14(10-5-2-1-3-6-10)16(19(24)25)26-15(11)12;/h1-8,13H,9H2,(H,20,21)(H,22,23);/q;+1/p-1. The fourth-order valence-electron chi connectivity index (χ4n) is 2.83. The predicted molar refractivity (Wildman–Crippen MR) is 88.1 cm³/mol. The molecule has 0 bridgehead atoms. The maximum absolute atomic E-state index is 11.4. The average Bonchev–Trinajstić information content (AvgIpc) is 3.00. The van der Waals surface area contributed by atoms with E-state index in [4.69, 9.17) is 9.52 Å². The second-order valence-corrected chi connectivity index (χ2v) is 5.61. The summed E-state index contributed by atoms with van der Waals surface area (Å²) in [6, 6.07) is 13.2. The van der Waals surface area contributed by atoms with Crippen LogP contribution in [0.25, 0.3) is 22.1 Å². The van der Waals surface area contributed by atoms with Crippen molar-refractivity contribution < 1.29 is 80.5 Å². The number of aliphatic carboxylic acids is 2. The molecule has 1 N–H and O–H groups in total. The molecule has 3 rings (SSSR count). The zero-order chi connectivity index (χ0) is 18.8. The summed E-state index contributed by atoms with van der Waals surface area (Å²) in [7, 11) is 0. The molecule has 1 aromatic heterocycles. The largest absolute Gasteiger partial charge is 1.00 e. The van der Waals surface area contributed by atoms with Gasteiger partial charge in [-0.2, -0.15) is 0 Å². The summed E-state index contributed by atoms with van der Waals surface area (Å²) in [4.78, 5) is 32.9. The van der Waals surface area contributed by atoms with Crippen molar-refractivity contribution in [2.75, 3.05) is 0 Å². The number of hydrogen-bond acceptors (Lipinski definition) is 6. The van der Waals surface area contributed by atoms with Gasteiger partial charge in [0.25, 0.3) is 0 Å². The first-order valence-corrected chi connectivity index (χ1v) is 7.58. The summed E-state index contributed by atoms with van der Waals surface area (Å²) in [6.45, 7) is 0. The maximum atomic E-state index is 11.4. The zero-order valence-corrected chi connectivity index (χ0v) is 17.4. The molecule has 132 valence electrons. The molecule has 0 radical (unpaired) electrons. The number of carbonyl (C=O) groups excluding carboxylic acids is 1. The second kappa shape index (κ2) is 8.76. The Morgan fingerprint density at radius 3 is 2.33 bits per heavy atom. The number of rotatable bonds is 6. The summed E-state index contributed by atoms with van der Waals surface area (Å²) >= 11 is 0. The smallest absolute Gasteiger partial charge is 0.549 e. The van der Waals surface area contributed by atoms with Crippen molar-refractivity contribution in [3.05, 3.63) is 64.2 Å². The van der Waals surface area contributed by atoms with E-state index in [2.05, 4.69) is 0 Å². The quantitative estimate of drug-likeness (QED) is 0.246. The van der Waals surface area contributed by atoms with Crippen LogP contribution in [0.4, 0.5) is 5.88 Å². The molecular formula is C18H12KNO7. The summed E-state index contributed by atoms with van der Waals surface area (Å²) < 4.78 is 5.40. The third-order valence-corrected chi connectivity index (χ3v) is 4.01. The number of carbonyl (C=O) groups is 2. The van der Waals surface area contributed by atoms with Gasteiger partial charge in [-0.25, -0.2) is 0 Å². The molecule has 9 heteroatoms. The van der Waals surface area contributed by atoms with E-state index in [0.29, 0.717) is 10.9 Å². The molecule has 3 aromatic rings.